The number of carbonyl (C=O) groups excluding carboxylic acids is 2. The lowest BCUT2D eigenvalue weighted by Gasteiger charge is -2.04. The first-order chi connectivity index (χ1) is 10.6. The van der Waals surface area contributed by atoms with E-state index in [1.807, 2.05) is 49.4 Å². The average molecular weight is 295 g/mol. The Morgan fingerprint density at radius 3 is 2.41 bits per heavy atom. The maximum Gasteiger partial charge on any atom is 0.259 e. The quantitative estimate of drug-likeness (QED) is 0.653. The van der Waals surface area contributed by atoms with Gasteiger partial charge in [0.05, 0.1) is 12.8 Å². The Kier molecular flexibility index (Phi) is 5.43. The van der Waals surface area contributed by atoms with E-state index in [-0.39, 0.29) is 18.4 Å². The first kappa shape index (κ1) is 15.4. The monoisotopic (exact) mass is 295 g/mol. The summed E-state index contributed by atoms with van der Waals surface area (Å²) in [5.74, 6) is -0.671. The molecule has 0 heterocycles. The molecule has 0 bridgehead atoms. The van der Waals surface area contributed by atoms with Gasteiger partial charge in [-0.25, -0.2) is 5.43 Å². The van der Waals surface area contributed by atoms with Crippen LogP contribution in [0.1, 0.15) is 21.5 Å². The Labute approximate surface area is 129 Å². The SMILES string of the molecule is Cc1ccc(C(=O)NCC(=O)NN=Cc2ccccc2)cc1. The van der Waals surface area contributed by atoms with Gasteiger partial charge >= 0.3 is 0 Å². The fraction of sp³-hybridized carbons (Fsp3) is 0.118. The van der Waals surface area contributed by atoms with Crippen LogP contribution in [0.2, 0.25) is 0 Å². The second-order valence-electron chi connectivity index (χ2n) is 4.75. The molecule has 2 aromatic rings. The molecule has 2 N–H and O–H groups in total. The van der Waals surface area contributed by atoms with Crippen LogP contribution in [0.4, 0.5) is 0 Å². The number of nitrogens with one attached hydrogen (secondary N) is 2. The van der Waals surface area contributed by atoms with Gasteiger partial charge in [0.25, 0.3) is 11.8 Å². The Morgan fingerprint density at radius 2 is 1.73 bits per heavy atom. The van der Waals surface area contributed by atoms with Gasteiger partial charge in [0.2, 0.25) is 0 Å². The maximum atomic E-state index is 11.8. The van der Waals surface area contributed by atoms with Crippen molar-refractivity contribution in [1.82, 2.24) is 10.7 Å². The third-order valence-electron chi connectivity index (χ3n) is 2.93. The molecule has 0 aliphatic rings. The summed E-state index contributed by atoms with van der Waals surface area (Å²) >= 11 is 0. The van der Waals surface area contributed by atoms with Gasteiger partial charge in [-0.05, 0) is 24.6 Å². The number of rotatable bonds is 5. The van der Waals surface area contributed by atoms with Crippen molar-refractivity contribution in [3.63, 3.8) is 0 Å². The summed E-state index contributed by atoms with van der Waals surface area (Å²) in [6.07, 6.45) is 1.54. The number of nitrogens with zero attached hydrogens (tertiary/aromatic N) is 1. The van der Waals surface area contributed by atoms with Crippen molar-refractivity contribution in [2.75, 3.05) is 6.54 Å². The second-order valence-corrected chi connectivity index (χ2v) is 4.75. The molecule has 5 heteroatoms. The van der Waals surface area contributed by atoms with Crippen molar-refractivity contribution in [2.24, 2.45) is 5.10 Å². The van der Waals surface area contributed by atoms with Gasteiger partial charge in [-0.2, -0.15) is 5.10 Å². The highest BCUT2D eigenvalue weighted by Gasteiger charge is 2.06. The maximum absolute atomic E-state index is 11.8. The van der Waals surface area contributed by atoms with Crippen molar-refractivity contribution in [1.29, 1.82) is 0 Å². The van der Waals surface area contributed by atoms with E-state index in [0.29, 0.717) is 5.56 Å². The number of benzene rings is 2. The molecule has 2 amide bonds. The van der Waals surface area contributed by atoms with Gasteiger partial charge < -0.3 is 5.32 Å². The van der Waals surface area contributed by atoms with Crippen molar-refractivity contribution in [2.45, 2.75) is 6.92 Å². The summed E-state index contributed by atoms with van der Waals surface area (Å²) in [5, 5.41) is 6.37. The van der Waals surface area contributed by atoms with E-state index in [4.69, 9.17) is 0 Å². The third-order valence-corrected chi connectivity index (χ3v) is 2.93. The lowest BCUT2D eigenvalue weighted by Crippen LogP contribution is -2.34. The topological polar surface area (TPSA) is 70.6 Å². The summed E-state index contributed by atoms with van der Waals surface area (Å²) in [4.78, 5) is 23.4. The minimum Gasteiger partial charge on any atom is -0.343 e. The van der Waals surface area contributed by atoms with Crippen LogP contribution in [0.5, 0.6) is 0 Å². The standard InChI is InChI=1S/C17H17N3O2/c1-13-7-9-15(10-8-13)17(22)18-12-16(21)20-19-11-14-5-3-2-4-6-14/h2-11H,12H2,1H3,(H,18,22)(H,20,21). The fourth-order valence-electron chi connectivity index (χ4n) is 1.72. The van der Waals surface area contributed by atoms with E-state index in [0.717, 1.165) is 11.1 Å². The largest absolute Gasteiger partial charge is 0.343 e. The molecule has 5 nitrogen and oxygen atoms in total. The number of hydrazone groups is 1. The fourth-order valence-corrected chi connectivity index (χ4v) is 1.72. The van der Waals surface area contributed by atoms with E-state index >= 15 is 0 Å². The third kappa shape index (κ3) is 4.86. The molecular formula is C17H17N3O2. The van der Waals surface area contributed by atoms with Crippen molar-refractivity contribution >= 4 is 18.0 Å². The van der Waals surface area contributed by atoms with E-state index < -0.39 is 0 Å². The lowest BCUT2D eigenvalue weighted by atomic mass is 10.1. The number of carbonyl (C=O) groups is 2. The molecule has 2 rings (SSSR count). The van der Waals surface area contributed by atoms with Gasteiger partial charge in [-0.1, -0.05) is 48.0 Å². The van der Waals surface area contributed by atoms with E-state index in [1.54, 1.807) is 18.3 Å². The molecule has 0 aliphatic carbocycles. The Hall–Kier alpha value is -2.95. The lowest BCUT2D eigenvalue weighted by molar-refractivity contribution is -0.120. The molecule has 0 spiro atoms. The average Bonchev–Trinajstić information content (AvgIpc) is 2.54. The first-order valence-corrected chi connectivity index (χ1v) is 6.87. The molecule has 0 aromatic heterocycles. The Bertz CT molecular complexity index is 664. The summed E-state index contributed by atoms with van der Waals surface area (Å²) in [5.41, 5.74) is 4.84. The molecule has 0 aliphatic heterocycles. The number of aryl methyl sites for hydroxylation is 1. The normalized spacial score (nSPS) is 10.4. The van der Waals surface area contributed by atoms with Gasteiger partial charge in [-0.15, -0.1) is 0 Å². The predicted molar refractivity (Wildman–Crippen MR) is 85.7 cm³/mol. The zero-order chi connectivity index (χ0) is 15.8. The number of hydrogen-bond donors (Lipinski definition) is 2. The Balaban J connectivity index is 1.77. The summed E-state index contributed by atoms with van der Waals surface area (Å²) < 4.78 is 0. The molecule has 0 atom stereocenters. The van der Waals surface area contributed by atoms with Crippen LogP contribution in [0, 0.1) is 6.92 Å². The van der Waals surface area contributed by atoms with Gasteiger partial charge in [0.15, 0.2) is 0 Å². The van der Waals surface area contributed by atoms with Crippen LogP contribution in [0.15, 0.2) is 59.7 Å². The summed E-state index contributed by atoms with van der Waals surface area (Å²) in [6, 6.07) is 16.5. The number of amides is 2. The molecule has 2 aromatic carbocycles. The van der Waals surface area contributed by atoms with E-state index in [2.05, 4.69) is 15.8 Å². The molecule has 0 radical (unpaired) electrons. The molecule has 0 unspecified atom stereocenters. The van der Waals surface area contributed by atoms with Crippen molar-refractivity contribution in [3.05, 3.63) is 71.3 Å². The minimum atomic E-state index is -0.382. The van der Waals surface area contributed by atoms with Gasteiger partial charge in [0.1, 0.15) is 0 Å². The van der Waals surface area contributed by atoms with Crippen molar-refractivity contribution < 1.29 is 9.59 Å². The zero-order valence-electron chi connectivity index (χ0n) is 12.2. The predicted octanol–water partition coefficient (Wildman–Crippen LogP) is 1.88. The van der Waals surface area contributed by atoms with Crippen LogP contribution in [-0.4, -0.2) is 24.6 Å². The minimum absolute atomic E-state index is 0.126. The first-order valence-electron chi connectivity index (χ1n) is 6.87. The molecule has 0 fully saturated rings. The molecule has 0 saturated carbocycles. The summed E-state index contributed by atoms with van der Waals surface area (Å²) in [7, 11) is 0. The smallest absolute Gasteiger partial charge is 0.259 e. The van der Waals surface area contributed by atoms with Crippen LogP contribution < -0.4 is 10.7 Å². The van der Waals surface area contributed by atoms with Crippen molar-refractivity contribution in [3.8, 4) is 0 Å². The highest BCUT2D eigenvalue weighted by Crippen LogP contribution is 2.02. The zero-order valence-corrected chi connectivity index (χ0v) is 12.2. The molecule has 22 heavy (non-hydrogen) atoms. The van der Waals surface area contributed by atoms with Crippen LogP contribution in [0.25, 0.3) is 0 Å². The van der Waals surface area contributed by atoms with Crippen LogP contribution >= 0.6 is 0 Å². The van der Waals surface area contributed by atoms with Crippen LogP contribution in [-0.2, 0) is 4.79 Å². The highest BCUT2D eigenvalue weighted by molar-refractivity contribution is 5.96. The van der Waals surface area contributed by atoms with Crippen LogP contribution in [0.3, 0.4) is 0 Å². The highest BCUT2D eigenvalue weighted by atomic mass is 16.2. The van der Waals surface area contributed by atoms with Gasteiger partial charge in [0, 0.05) is 5.56 Å². The van der Waals surface area contributed by atoms with E-state index in [1.165, 1.54) is 0 Å². The van der Waals surface area contributed by atoms with Gasteiger partial charge in [-0.3, -0.25) is 9.59 Å². The molecular weight excluding hydrogens is 278 g/mol. The summed E-state index contributed by atoms with van der Waals surface area (Å²) in [6.45, 7) is 1.82. The van der Waals surface area contributed by atoms with E-state index in [9.17, 15) is 9.59 Å². The number of hydrogen-bond acceptors (Lipinski definition) is 3. The molecule has 0 saturated heterocycles. The second kappa shape index (κ2) is 7.73. The Morgan fingerprint density at radius 1 is 1.05 bits per heavy atom. The molecule has 112 valence electrons.